The van der Waals surface area contributed by atoms with Gasteiger partial charge in [0.15, 0.2) is 0 Å². The third kappa shape index (κ3) is 7.50. The molecule has 1 aliphatic carbocycles. The van der Waals surface area contributed by atoms with E-state index in [1.165, 1.54) is 41.6 Å². The third-order valence-electron chi connectivity index (χ3n) is 5.75. The molecule has 0 radical (unpaired) electrons. The summed E-state index contributed by atoms with van der Waals surface area (Å²) in [6, 6.07) is 7.96. The van der Waals surface area contributed by atoms with E-state index in [0.29, 0.717) is 13.2 Å². The molecule has 0 fully saturated rings. The van der Waals surface area contributed by atoms with Gasteiger partial charge in [0.25, 0.3) is 0 Å². The van der Waals surface area contributed by atoms with Crippen LogP contribution in [-0.2, 0) is 11.3 Å². The summed E-state index contributed by atoms with van der Waals surface area (Å²) in [7, 11) is 1.69. The maximum Gasteiger partial charge on any atom is 0.124 e. The number of para-hydroxylation sites is 1. The summed E-state index contributed by atoms with van der Waals surface area (Å²) in [5, 5.41) is 0. The van der Waals surface area contributed by atoms with Crippen LogP contribution >= 0.6 is 0 Å². The smallest absolute Gasteiger partial charge is 0.124 e. The van der Waals surface area contributed by atoms with Crippen LogP contribution in [0.3, 0.4) is 0 Å². The van der Waals surface area contributed by atoms with Gasteiger partial charge in [0.05, 0.1) is 20.3 Å². The first-order chi connectivity index (χ1) is 14.3. The first kappa shape index (κ1) is 24.0. The van der Waals surface area contributed by atoms with Gasteiger partial charge < -0.3 is 9.47 Å². The number of benzene rings is 1. The molecule has 0 saturated heterocycles. The molecular weight excluding hydrogens is 368 g/mol. The average molecular weight is 407 g/mol. The minimum atomic E-state index is 0.290. The highest BCUT2D eigenvalue weighted by Gasteiger charge is 2.26. The summed E-state index contributed by atoms with van der Waals surface area (Å²) in [6.45, 7) is 12.4. The quantitative estimate of drug-likeness (QED) is 0.308. The third-order valence-corrected chi connectivity index (χ3v) is 5.75. The summed E-state index contributed by atoms with van der Waals surface area (Å²) in [5.74, 6) is 0.870. The van der Waals surface area contributed by atoms with Crippen LogP contribution in [0, 0.1) is 5.41 Å². The van der Waals surface area contributed by atoms with Gasteiger partial charge in [-0.05, 0) is 57.1 Å². The molecule has 0 unspecified atom stereocenters. The summed E-state index contributed by atoms with van der Waals surface area (Å²) in [4.78, 5) is 0. The van der Waals surface area contributed by atoms with Gasteiger partial charge in [-0.25, -0.2) is 0 Å². The van der Waals surface area contributed by atoms with Crippen molar-refractivity contribution in [2.24, 2.45) is 5.41 Å². The molecule has 0 heterocycles. The van der Waals surface area contributed by atoms with E-state index in [9.17, 15) is 0 Å². The highest BCUT2D eigenvalue weighted by atomic mass is 16.5. The second kappa shape index (κ2) is 11.8. The van der Waals surface area contributed by atoms with E-state index >= 15 is 0 Å². The number of rotatable bonds is 9. The van der Waals surface area contributed by atoms with Gasteiger partial charge >= 0.3 is 0 Å². The minimum Gasteiger partial charge on any atom is -0.496 e. The van der Waals surface area contributed by atoms with Crippen LogP contribution in [-0.4, -0.2) is 13.7 Å². The molecule has 1 aromatic rings. The van der Waals surface area contributed by atoms with Gasteiger partial charge in [-0.1, -0.05) is 85.2 Å². The van der Waals surface area contributed by atoms with Crippen LogP contribution in [0.2, 0.25) is 0 Å². The Bertz CT molecular complexity index is 847. The Morgan fingerprint density at radius 2 is 1.87 bits per heavy atom. The Hall–Kier alpha value is -2.32. The molecule has 0 N–H and O–H groups in total. The van der Waals surface area contributed by atoms with E-state index in [-0.39, 0.29) is 5.41 Å². The van der Waals surface area contributed by atoms with Crippen LogP contribution in [0.15, 0.2) is 83.0 Å². The van der Waals surface area contributed by atoms with Crippen LogP contribution in [0.4, 0.5) is 0 Å². The normalized spacial score (nSPS) is 17.9. The summed E-state index contributed by atoms with van der Waals surface area (Å²) < 4.78 is 11.1. The number of allylic oxidation sites excluding steroid dienone is 9. The molecule has 2 nitrogen and oxygen atoms in total. The molecule has 162 valence electrons. The monoisotopic (exact) mass is 406 g/mol. The molecule has 2 rings (SSSR count). The Morgan fingerprint density at radius 1 is 1.10 bits per heavy atom. The van der Waals surface area contributed by atoms with Crippen molar-refractivity contribution in [3.05, 3.63) is 88.6 Å². The van der Waals surface area contributed by atoms with Crippen molar-refractivity contribution in [3.63, 3.8) is 0 Å². The largest absolute Gasteiger partial charge is 0.496 e. The van der Waals surface area contributed by atoms with Crippen molar-refractivity contribution in [1.29, 1.82) is 0 Å². The van der Waals surface area contributed by atoms with E-state index in [1.54, 1.807) is 7.11 Å². The number of hydrogen-bond donors (Lipinski definition) is 0. The maximum atomic E-state index is 5.77. The lowest BCUT2D eigenvalue weighted by atomic mass is 9.72. The number of ether oxygens (including phenoxy) is 2. The number of hydrogen-bond acceptors (Lipinski definition) is 2. The summed E-state index contributed by atoms with van der Waals surface area (Å²) in [6.07, 6.45) is 16.9. The molecule has 0 saturated carbocycles. The second-order valence-corrected chi connectivity index (χ2v) is 8.81. The van der Waals surface area contributed by atoms with E-state index in [4.69, 9.17) is 9.47 Å². The first-order valence-electron chi connectivity index (χ1n) is 10.9. The molecule has 0 spiro atoms. The molecule has 0 aliphatic heterocycles. The Balaban J connectivity index is 1.85. The summed E-state index contributed by atoms with van der Waals surface area (Å²) >= 11 is 0. The molecule has 30 heavy (non-hydrogen) atoms. The SMILES string of the molecule is COc1ccccc1COC/C=C(C)/C=C/C=C(C)/C=C/C1=C(C)CCCC1(C)C. The predicted octanol–water partition coefficient (Wildman–Crippen LogP) is 7.74. The molecule has 0 aromatic heterocycles. The fourth-order valence-electron chi connectivity index (χ4n) is 3.88. The van der Waals surface area contributed by atoms with Crippen molar-refractivity contribution in [2.75, 3.05) is 13.7 Å². The van der Waals surface area contributed by atoms with Crippen LogP contribution in [0.5, 0.6) is 5.75 Å². The van der Waals surface area contributed by atoms with Gasteiger partial charge in [-0.2, -0.15) is 0 Å². The van der Waals surface area contributed by atoms with Crippen LogP contribution in [0.1, 0.15) is 59.4 Å². The lowest BCUT2D eigenvalue weighted by Crippen LogP contribution is -2.19. The highest BCUT2D eigenvalue weighted by Crippen LogP contribution is 2.40. The molecule has 0 atom stereocenters. The van der Waals surface area contributed by atoms with E-state index in [1.807, 2.05) is 24.3 Å². The van der Waals surface area contributed by atoms with Gasteiger partial charge in [-0.15, -0.1) is 0 Å². The Morgan fingerprint density at radius 3 is 2.60 bits per heavy atom. The Kier molecular flexibility index (Phi) is 9.39. The molecule has 1 aromatic carbocycles. The molecule has 2 heteroatoms. The molecular formula is C28H38O2. The van der Waals surface area contributed by atoms with Crippen molar-refractivity contribution >= 4 is 0 Å². The molecule has 0 bridgehead atoms. The zero-order chi connectivity index (χ0) is 22.0. The minimum absolute atomic E-state index is 0.290. The van der Waals surface area contributed by atoms with E-state index in [2.05, 4.69) is 71.1 Å². The fourth-order valence-corrected chi connectivity index (χ4v) is 3.88. The van der Waals surface area contributed by atoms with E-state index in [0.717, 1.165) is 11.3 Å². The zero-order valence-corrected chi connectivity index (χ0v) is 19.6. The van der Waals surface area contributed by atoms with Crippen LogP contribution in [0.25, 0.3) is 0 Å². The fraction of sp³-hybridized carbons (Fsp3) is 0.429. The van der Waals surface area contributed by atoms with Crippen molar-refractivity contribution in [1.82, 2.24) is 0 Å². The van der Waals surface area contributed by atoms with Crippen molar-refractivity contribution < 1.29 is 9.47 Å². The predicted molar refractivity (Wildman–Crippen MR) is 129 cm³/mol. The summed E-state index contributed by atoms with van der Waals surface area (Å²) in [5.41, 5.74) is 6.85. The topological polar surface area (TPSA) is 18.5 Å². The van der Waals surface area contributed by atoms with Crippen molar-refractivity contribution in [2.45, 2.75) is 60.5 Å². The average Bonchev–Trinajstić information content (AvgIpc) is 2.70. The maximum absolute atomic E-state index is 5.77. The molecule has 1 aliphatic rings. The zero-order valence-electron chi connectivity index (χ0n) is 19.6. The first-order valence-corrected chi connectivity index (χ1v) is 10.9. The Labute approximate surface area is 183 Å². The lowest BCUT2D eigenvalue weighted by Gasteiger charge is -2.32. The van der Waals surface area contributed by atoms with Gasteiger partial charge in [0.1, 0.15) is 5.75 Å². The second-order valence-electron chi connectivity index (χ2n) is 8.81. The lowest BCUT2D eigenvalue weighted by molar-refractivity contribution is 0.146. The van der Waals surface area contributed by atoms with Gasteiger partial charge in [-0.3, -0.25) is 0 Å². The van der Waals surface area contributed by atoms with E-state index < -0.39 is 0 Å². The number of methoxy groups -OCH3 is 1. The van der Waals surface area contributed by atoms with Gasteiger partial charge in [0.2, 0.25) is 0 Å². The molecule has 0 amide bonds. The van der Waals surface area contributed by atoms with Crippen molar-refractivity contribution in [3.8, 4) is 5.75 Å². The standard InChI is InChI=1S/C28H38O2/c1-22(16-17-26-24(3)13-10-19-28(26,4)5)11-9-12-23(2)18-20-30-21-25-14-7-8-15-27(25)29-6/h7-9,11-12,14-18H,10,13,19-21H2,1-6H3/b12-9+,17-16+,22-11+,23-18+. The van der Waals surface area contributed by atoms with Gasteiger partial charge in [0, 0.05) is 5.56 Å². The van der Waals surface area contributed by atoms with Crippen LogP contribution < -0.4 is 4.74 Å². The highest BCUT2D eigenvalue weighted by molar-refractivity contribution is 5.37.